The zero-order valence-corrected chi connectivity index (χ0v) is 17.8. The molecule has 1 aliphatic heterocycles. The number of sulfonamides is 1. The lowest BCUT2D eigenvalue weighted by atomic mass is 10.2. The normalized spacial score (nSPS) is 15.8. The van der Waals surface area contributed by atoms with E-state index >= 15 is 0 Å². The zero-order chi connectivity index (χ0) is 21.3. The molecule has 3 aromatic rings. The Balaban J connectivity index is 1.66. The van der Waals surface area contributed by atoms with Crippen molar-refractivity contribution in [1.82, 2.24) is 0 Å². The number of fused-ring (bicyclic) bond motifs is 1. The summed E-state index contributed by atoms with van der Waals surface area (Å²) in [6.45, 7) is -0.179. The summed E-state index contributed by atoms with van der Waals surface area (Å²) >= 11 is 11.8. The van der Waals surface area contributed by atoms with Crippen LogP contribution in [0.15, 0.2) is 77.7 Å². The molecule has 0 radical (unpaired) electrons. The minimum atomic E-state index is -3.94. The Labute approximate surface area is 184 Å². The quantitative estimate of drug-likeness (QED) is 0.614. The fraction of sp³-hybridized carbons (Fsp3) is 0.0952. The number of anilines is 2. The maximum atomic E-state index is 13.3. The number of ether oxygens (including phenoxy) is 1. The third kappa shape index (κ3) is 4.09. The highest BCUT2D eigenvalue weighted by atomic mass is 35.5. The lowest BCUT2D eigenvalue weighted by molar-refractivity contribution is -0.122. The number of benzene rings is 3. The summed E-state index contributed by atoms with van der Waals surface area (Å²) in [6, 6.07) is 19.1. The van der Waals surface area contributed by atoms with Crippen LogP contribution in [-0.2, 0) is 14.8 Å². The van der Waals surface area contributed by atoms with Crippen molar-refractivity contribution in [3.63, 3.8) is 0 Å². The SMILES string of the molecule is O=C(Nc1ccc(Cl)cc1)[C@H]1CN(S(=O)(=O)c2ccc(Cl)cc2)c2ccccc2O1. The molecule has 1 atom stereocenters. The number of carbonyl (C=O) groups is 1. The number of nitrogens with one attached hydrogen (secondary N) is 1. The van der Waals surface area contributed by atoms with Crippen LogP contribution in [0.1, 0.15) is 0 Å². The number of hydrogen-bond acceptors (Lipinski definition) is 4. The van der Waals surface area contributed by atoms with E-state index in [4.69, 9.17) is 27.9 Å². The van der Waals surface area contributed by atoms with Crippen molar-refractivity contribution in [2.45, 2.75) is 11.0 Å². The number of nitrogens with zero attached hydrogens (tertiary/aromatic N) is 1. The molecule has 1 amide bonds. The smallest absolute Gasteiger partial charge is 0.267 e. The molecule has 6 nitrogen and oxygen atoms in total. The minimum Gasteiger partial charge on any atom is -0.476 e. The fourth-order valence-corrected chi connectivity index (χ4v) is 4.78. The minimum absolute atomic E-state index is 0.0699. The van der Waals surface area contributed by atoms with Gasteiger partial charge in [-0.15, -0.1) is 0 Å². The second-order valence-electron chi connectivity index (χ2n) is 6.56. The first-order valence-electron chi connectivity index (χ1n) is 8.95. The van der Waals surface area contributed by atoms with Gasteiger partial charge in [0.05, 0.1) is 17.1 Å². The van der Waals surface area contributed by atoms with Gasteiger partial charge in [-0.25, -0.2) is 8.42 Å². The molecule has 30 heavy (non-hydrogen) atoms. The summed E-state index contributed by atoms with van der Waals surface area (Å²) in [5.41, 5.74) is 0.891. The molecule has 0 bridgehead atoms. The van der Waals surface area contributed by atoms with Gasteiger partial charge in [0, 0.05) is 15.7 Å². The summed E-state index contributed by atoms with van der Waals surface area (Å²) < 4.78 is 33.6. The summed E-state index contributed by atoms with van der Waals surface area (Å²) in [5, 5.41) is 3.69. The van der Waals surface area contributed by atoms with Gasteiger partial charge >= 0.3 is 0 Å². The van der Waals surface area contributed by atoms with Crippen molar-refractivity contribution in [3.8, 4) is 5.75 Å². The summed E-state index contributed by atoms with van der Waals surface area (Å²) in [7, 11) is -3.94. The summed E-state index contributed by atoms with van der Waals surface area (Å²) in [6.07, 6.45) is -1.04. The molecule has 0 saturated carbocycles. The third-order valence-corrected chi connectivity index (χ3v) is 6.84. The van der Waals surface area contributed by atoms with Gasteiger partial charge < -0.3 is 10.1 Å². The van der Waals surface area contributed by atoms with Gasteiger partial charge in [0.1, 0.15) is 5.75 Å². The van der Waals surface area contributed by atoms with Crippen LogP contribution >= 0.6 is 23.2 Å². The maximum Gasteiger partial charge on any atom is 0.267 e. The highest BCUT2D eigenvalue weighted by Crippen LogP contribution is 2.37. The number of rotatable bonds is 4. The number of amides is 1. The second-order valence-corrected chi connectivity index (χ2v) is 9.30. The molecule has 3 aromatic carbocycles. The van der Waals surface area contributed by atoms with Crippen LogP contribution in [-0.4, -0.2) is 27.0 Å². The number of carbonyl (C=O) groups excluding carboxylic acids is 1. The van der Waals surface area contributed by atoms with E-state index in [1.165, 1.54) is 28.6 Å². The molecule has 9 heteroatoms. The summed E-state index contributed by atoms with van der Waals surface area (Å²) in [5.74, 6) is -0.166. The van der Waals surface area contributed by atoms with Gasteiger partial charge in [-0.2, -0.15) is 0 Å². The predicted octanol–water partition coefficient (Wildman–Crippen LogP) is 4.59. The average Bonchev–Trinajstić information content (AvgIpc) is 2.74. The average molecular weight is 463 g/mol. The third-order valence-electron chi connectivity index (χ3n) is 4.54. The van der Waals surface area contributed by atoms with Gasteiger partial charge in [-0.3, -0.25) is 9.10 Å². The first-order chi connectivity index (χ1) is 14.3. The molecule has 0 unspecified atom stereocenters. The molecule has 4 rings (SSSR count). The van der Waals surface area contributed by atoms with Crippen molar-refractivity contribution >= 4 is 50.5 Å². The van der Waals surface area contributed by atoms with Crippen LogP contribution in [0, 0.1) is 0 Å². The van der Waals surface area contributed by atoms with Gasteiger partial charge in [0.25, 0.3) is 15.9 Å². The predicted molar refractivity (Wildman–Crippen MR) is 117 cm³/mol. The highest BCUT2D eigenvalue weighted by Gasteiger charge is 2.37. The van der Waals surface area contributed by atoms with E-state index in [0.717, 1.165) is 0 Å². The molecule has 0 aromatic heterocycles. The molecular formula is C21H16Cl2N2O4S. The Morgan fingerprint density at radius 1 is 0.933 bits per heavy atom. The van der Waals surface area contributed by atoms with Gasteiger partial charge in [0.2, 0.25) is 0 Å². The van der Waals surface area contributed by atoms with Crippen LogP contribution in [0.4, 0.5) is 11.4 Å². The van der Waals surface area contributed by atoms with Crippen LogP contribution in [0.3, 0.4) is 0 Å². The monoisotopic (exact) mass is 462 g/mol. The molecule has 0 fully saturated rings. The van der Waals surface area contributed by atoms with Gasteiger partial charge in [-0.1, -0.05) is 35.3 Å². The Kier molecular flexibility index (Phi) is 5.60. The molecule has 0 spiro atoms. The highest BCUT2D eigenvalue weighted by molar-refractivity contribution is 7.92. The molecule has 1 N–H and O–H groups in total. The van der Waals surface area contributed by atoms with Crippen LogP contribution in [0.2, 0.25) is 10.0 Å². The zero-order valence-electron chi connectivity index (χ0n) is 15.5. The first kappa shape index (κ1) is 20.5. The first-order valence-corrected chi connectivity index (χ1v) is 11.1. The van der Waals surface area contributed by atoms with Crippen molar-refractivity contribution in [2.24, 2.45) is 0 Å². The van der Waals surface area contributed by atoms with E-state index in [-0.39, 0.29) is 11.4 Å². The molecule has 1 aliphatic rings. The Hall–Kier alpha value is -2.74. The van der Waals surface area contributed by atoms with Crippen molar-refractivity contribution in [1.29, 1.82) is 0 Å². The van der Waals surface area contributed by atoms with Crippen molar-refractivity contribution in [2.75, 3.05) is 16.2 Å². The fourth-order valence-electron chi connectivity index (χ4n) is 3.06. The van der Waals surface area contributed by atoms with Crippen LogP contribution in [0.5, 0.6) is 5.75 Å². The second kappa shape index (κ2) is 8.18. The lowest BCUT2D eigenvalue weighted by Crippen LogP contribution is -2.48. The van der Waals surface area contributed by atoms with Crippen molar-refractivity contribution in [3.05, 3.63) is 82.8 Å². The molecule has 154 valence electrons. The number of para-hydroxylation sites is 2. The van der Waals surface area contributed by atoms with Gasteiger partial charge in [0.15, 0.2) is 6.10 Å². The Morgan fingerprint density at radius 3 is 2.20 bits per heavy atom. The van der Waals surface area contributed by atoms with E-state index in [1.54, 1.807) is 48.5 Å². The van der Waals surface area contributed by atoms with E-state index in [9.17, 15) is 13.2 Å². The molecular weight excluding hydrogens is 447 g/mol. The van der Waals surface area contributed by atoms with Crippen molar-refractivity contribution < 1.29 is 17.9 Å². The van der Waals surface area contributed by atoms with E-state index in [1.807, 2.05) is 0 Å². The molecule has 1 heterocycles. The molecule has 0 aliphatic carbocycles. The number of halogens is 2. The van der Waals surface area contributed by atoms with Crippen LogP contribution < -0.4 is 14.4 Å². The van der Waals surface area contributed by atoms with E-state index in [0.29, 0.717) is 27.2 Å². The largest absolute Gasteiger partial charge is 0.476 e. The van der Waals surface area contributed by atoms with E-state index in [2.05, 4.69) is 5.32 Å². The standard InChI is InChI=1S/C21H16Cl2N2O4S/c22-14-5-9-16(10-6-14)24-21(26)20-13-25(18-3-1-2-4-19(18)29-20)30(27,28)17-11-7-15(23)8-12-17/h1-12,20H,13H2,(H,24,26)/t20-/m1/s1. The lowest BCUT2D eigenvalue weighted by Gasteiger charge is -2.34. The van der Waals surface area contributed by atoms with Crippen LogP contribution in [0.25, 0.3) is 0 Å². The van der Waals surface area contributed by atoms with E-state index < -0.39 is 22.0 Å². The maximum absolute atomic E-state index is 13.3. The topological polar surface area (TPSA) is 75.7 Å². The molecule has 0 saturated heterocycles. The van der Waals surface area contributed by atoms with Gasteiger partial charge in [-0.05, 0) is 60.7 Å². The Morgan fingerprint density at radius 2 is 1.53 bits per heavy atom. The summed E-state index contributed by atoms with van der Waals surface area (Å²) in [4.78, 5) is 12.9. The number of hydrogen-bond donors (Lipinski definition) is 1. The Bertz CT molecular complexity index is 1180.